The van der Waals surface area contributed by atoms with E-state index in [1.807, 2.05) is 48.5 Å². The third kappa shape index (κ3) is 6.00. The van der Waals surface area contributed by atoms with Gasteiger partial charge in [0.25, 0.3) is 5.91 Å². The molecule has 168 valence electrons. The van der Waals surface area contributed by atoms with Gasteiger partial charge in [-0.3, -0.25) is 4.79 Å². The predicted molar refractivity (Wildman–Crippen MR) is 136 cm³/mol. The number of nitrogens with zero attached hydrogens (tertiary/aromatic N) is 3. The molecule has 1 heterocycles. The maximum Gasteiger partial charge on any atom is 0.281 e. The van der Waals surface area contributed by atoms with Crippen molar-refractivity contribution in [3.8, 4) is 5.75 Å². The summed E-state index contributed by atoms with van der Waals surface area (Å²) in [6, 6.07) is 22.8. The van der Waals surface area contributed by atoms with Crippen molar-refractivity contribution in [1.29, 1.82) is 0 Å². The molecule has 7 nitrogen and oxygen atoms in total. The molecule has 0 saturated heterocycles. The van der Waals surface area contributed by atoms with Crippen LogP contribution in [0.1, 0.15) is 21.5 Å². The summed E-state index contributed by atoms with van der Waals surface area (Å²) >= 11 is 6.96. The van der Waals surface area contributed by atoms with Crippen molar-refractivity contribution in [2.24, 2.45) is 0 Å². The van der Waals surface area contributed by atoms with Crippen molar-refractivity contribution in [2.75, 3.05) is 17.7 Å². The van der Waals surface area contributed by atoms with E-state index in [2.05, 4.69) is 52.6 Å². The molecule has 1 aromatic heterocycles. The minimum Gasteiger partial charge on any atom is -0.497 e. The quantitative estimate of drug-likeness (QED) is 0.282. The maximum absolute atomic E-state index is 13.2. The summed E-state index contributed by atoms with van der Waals surface area (Å²) in [5, 5.41) is 10.9. The molecule has 0 aliphatic carbocycles. The smallest absolute Gasteiger partial charge is 0.281 e. The summed E-state index contributed by atoms with van der Waals surface area (Å²) in [5.41, 5.74) is 2.58. The minimum atomic E-state index is -0.294. The Morgan fingerprint density at radius 2 is 1.52 bits per heavy atom. The van der Waals surface area contributed by atoms with E-state index in [1.54, 1.807) is 31.4 Å². The second kappa shape index (κ2) is 10.6. The van der Waals surface area contributed by atoms with Gasteiger partial charge in [0.05, 0.1) is 7.11 Å². The number of benzene rings is 3. The van der Waals surface area contributed by atoms with Gasteiger partial charge in [-0.15, -0.1) is 5.10 Å². The van der Waals surface area contributed by atoms with Gasteiger partial charge in [0, 0.05) is 27.6 Å². The van der Waals surface area contributed by atoms with Crippen LogP contribution in [-0.4, -0.2) is 27.8 Å². The molecule has 0 aliphatic heterocycles. The van der Waals surface area contributed by atoms with Crippen molar-refractivity contribution in [3.63, 3.8) is 0 Å². The number of aromatic nitrogens is 3. The first-order valence-electron chi connectivity index (χ1n) is 10.1. The lowest BCUT2D eigenvalue weighted by Gasteiger charge is -2.08. The van der Waals surface area contributed by atoms with Crippen molar-refractivity contribution in [1.82, 2.24) is 14.8 Å². The number of rotatable bonds is 8. The van der Waals surface area contributed by atoms with Crippen LogP contribution in [0.15, 0.2) is 81.7 Å². The highest BCUT2D eigenvalue weighted by molar-refractivity contribution is 9.10. The van der Waals surface area contributed by atoms with Gasteiger partial charge in [-0.25, -0.2) is 0 Å². The molecule has 3 aromatic carbocycles. The van der Waals surface area contributed by atoms with Gasteiger partial charge in [0.15, 0.2) is 0 Å². The van der Waals surface area contributed by atoms with Gasteiger partial charge in [-0.2, -0.15) is 9.67 Å². The molecule has 4 aromatic rings. The Morgan fingerprint density at radius 1 is 0.909 bits per heavy atom. The van der Waals surface area contributed by atoms with Crippen LogP contribution < -0.4 is 15.4 Å². The maximum atomic E-state index is 13.2. The monoisotopic (exact) mass is 569 g/mol. The summed E-state index contributed by atoms with van der Waals surface area (Å²) in [5.74, 6) is 1.09. The van der Waals surface area contributed by atoms with Crippen LogP contribution in [0.4, 0.5) is 11.9 Å². The van der Waals surface area contributed by atoms with Gasteiger partial charge in [-0.05, 0) is 59.7 Å². The third-order valence-electron chi connectivity index (χ3n) is 4.82. The number of anilines is 2. The Labute approximate surface area is 208 Å². The molecule has 0 spiro atoms. The minimum absolute atomic E-state index is 0.294. The van der Waals surface area contributed by atoms with Crippen LogP contribution in [0.5, 0.6) is 5.75 Å². The largest absolute Gasteiger partial charge is 0.497 e. The zero-order chi connectivity index (χ0) is 23.2. The van der Waals surface area contributed by atoms with Gasteiger partial charge in [-0.1, -0.05) is 56.1 Å². The fraction of sp³-hybridized carbons (Fsp3) is 0.125. The van der Waals surface area contributed by atoms with Crippen LogP contribution in [0, 0.1) is 0 Å². The van der Waals surface area contributed by atoms with E-state index < -0.39 is 0 Å². The van der Waals surface area contributed by atoms with E-state index in [-0.39, 0.29) is 5.91 Å². The summed E-state index contributed by atoms with van der Waals surface area (Å²) in [4.78, 5) is 17.7. The first kappa shape index (κ1) is 23.0. The topological polar surface area (TPSA) is 81.1 Å². The van der Waals surface area contributed by atoms with Crippen LogP contribution in [-0.2, 0) is 13.1 Å². The highest BCUT2D eigenvalue weighted by atomic mass is 79.9. The average molecular weight is 571 g/mol. The molecule has 0 radical (unpaired) electrons. The fourth-order valence-corrected chi connectivity index (χ4v) is 4.05. The second-order valence-electron chi connectivity index (χ2n) is 7.17. The number of hydrogen-bond acceptors (Lipinski definition) is 6. The zero-order valence-electron chi connectivity index (χ0n) is 17.8. The number of halogens is 2. The highest BCUT2D eigenvalue weighted by Gasteiger charge is 2.18. The highest BCUT2D eigenvalue weighted by Crippen LogP contribution is 2.19. The molecular weight excluding hydrogens is 550 g/mol. The van der Waals surface area contributed by atoms with Crippen molar-refractivity contribution >= 4 is 49.7 Å². The van der Waals surface area contributed by atoms with Gasteiger partial charge in [0.2, 0.25) is 11.9 Å². The van der Waals surface area contributed by atoms with Gasteiger partial charge < -0.3 is 15.4 Å². The summed E-state index contributed by atoms with van der Waals surface area (Å²) in [6.45, 7) is 1.00. The Kier molecular flexibility index (Phi) is 7.41. The Morgan fingerprint density at radius 3 is 2.09 bits per heavy atom. The molecule has 0 unspecified atom stereocenters. The van der Waals surface area contributed by atoms with Crippen LogP contribution >= 0.6 is 31.9 Å². The Bertz CT molecular complexity index is 1260. The zero-order valence-corrected chi connectivity index (χ0v) is 20.9. The summed E-state index contributed by atoms with van der Waals surface area (Å²) in [7, 11) is 1.58. The van der Waals surface area contributed by atoms with Crippen molar-refractivity contribution < 1.29 is 9.53 Å². The lowest BCUT2D eigenvalue weighted by molar-refractivity contribution is 0.0947. The van der Waals surface area contributed by atoms with E-state index in [0.29, 0.717) is 36.3 Å². The summed E-state index contributed by atoms with van der Waals surface area (Å²) in [6.07, 6.45) is 0. The van der Waals surface area contributed by atoms with Gasteiger partial charge in [0.1, 0.15) is 5.75 Å². The Balaban J connectivity index is 1.57. The standard InChI is InChI=1S/C24H21Br2N5O2/c1-33-21-10-8-18(9-11-21)22(32)31-24(28-15-17-5-3-7-20(26)13-17)29-23(30-31)27-14-16-4-2-6-19(25)12-16/h2-13H,14-15H2,1H3,(H2,27,28,29,30). The Hall–Kier alpha value is -3.17. The molecule has 0 aliphatic rings. The van der Waals surface area contributed by atoms with Crippen LogP contribution in [0.25, 0.3) is 0 Å². The number of nitrogens with one attached hydrogen (secondary N) is 2. The fourth-order valence-electron chi connectivity index (χ4n) is 3.15. The van der Waals surface area contributed by atoms with E-state index >= 15 is 0 Å². The lowest BCUT2D eigenvalue weighted by Crippen LogP contribution is -2.17. The molecule has 4 rings (SSSR count). The average Bonchev–Trinajstić information content (AvgIpc) is 3.24. The number of methoxy groups -OCH3 is 1. The first-order valence-corrected chi connectivity index (χ1v) is 11.7. The molecule has 0 fully saturated rings. The molecule has 2 N–H and O–H groups in total. The third-order valence-corrected chi connectivity index (χ3v) is 5.80. The number of ether oxygens (including phenoxy) is 1. The first-order chi connectivity index (χ1) is 16.0. The molecule has 0 atom stereocenters. The second-order valence-corrected chi connectivity index (χ2v) is 9.00. The number of hydrogen-bond donors (Lipinski definition) is 2. The van der Waals surface area contributed by atoms with Gasteiger partial charge >= 0.3 is 0 Å². The van der Waals surface area contributed by atoms with E-state index in [0.717, 1.165) is 20.1 Å². The van der Waals surface area contributed by atoms with Crippen LogP contribution in [0.2, 0.25) is 0 Å². The molecule has 0 bridgehead atoms. The molecule has 0 amide bonds. The van der Waals surface area contributed by atoms with E-state index in [1.165, 1.54) is 4.68 Å². The van der Waals surface area contributed by atoms with Crippen molar-refractivity contribution in [3.05, 3.63) is 98.4 Å². The summed E-state index contributed by atoms with van der Waals surface area (Å²) < 4.78 is 8.44. The molecule has 9 heteroatoms. The predicted octanol–water partition coefficient (Wildman–Crippen LogP) is 5.72. The normalized spacial score (nSPS) is 10.6. The SMILES string of the molecule is COc1ccc(C(=O)n2nc(NCc3cccc(Br)c3)nc2NCc2cccc(Br)c2)cc1. The van der Waals surface area contributed by atoms with Crippen LogP contribution in [0.3, 0.4) is 0 Å². The molecule has 0 saturated carbocycles. The van der Waals surface area contributed by atoms with E-state index in [9.17, 15) is 4.79 Å². The molecular formula is C24H21Br2N5O2. The van der Waals surface area contributed by atoms with E-state index in [4.69, 9.17) is 4.74 Å². The molecule has 33 heavy (non-hydrogen) atoms. The number of carbonyl (C=O) groups excluding carboxylic acids is 1. The van der Waals surface area contributed by atoms with Crippen molar-refractivity contribution in [2.45, 2.75) is 13.1 Å². The number of carbonyl (C=O) groups is 1. The lowest BCUT2D eigenvalue weighted by atomic mass is 10.2.